The number of hydrogen-bond donors (Lipinski definition) is 2. The van der Waals surface area contributed by atoms with Crippen LogP contribution in [0, 0.1) is 0 Å². The van der Waals surface area contributed by atoms with Crippen molar-refractivity contribution in [3.63, 3.8) is 0 Å². The van der Waals surface area contributed by atoms with Crippen molar-refractivity contribution in [1.82, 2.24) is 0 Å². The third-order valence-electron chi connectivity index (χ3n) is 3.88. The molecule has 0 aliphatic heterocycles. The van der Waals surface area contributed by atoms with E-state index in [1.54, 1.807) is 13.1 Å². The van der Waals surface area contributed by atoms with Crippen LogP contribution in [0.5, 0.6) is 0 Å². The molecule has 2 atom stereocenters. The summed E-state index contributed by atoms with van der Waals surface area (Å²) >= 11 is 0. The van der Waals surface area contributed by atoms with E-state index < -0.39 is 17.1 Å². The highest BCUT2D eigenvalue weighted by Crippen LogP contribution is 2.21. The molecule has 2 N–H and O–H groups in total. The van der Waals surface area contributed by atoms with Gasteiger partial charge in [0.05, 0.1) is 0 Å². The molecule has 124 valence electrons. The molecule has 5 heteroatoms. The van der Waals surface area contributed by atoms with Gasteiger partial charge in [0, 0.05) is 0 Å². The van der Waals surface area contributed by atoms with E-state index in [0.717, 1.165) is 12.8 Å². The standard InChI is InChI=1S/C18H26O3Si2/c1-22(19,15-13-17-9-5-3-6-10-17)21-23(2,20)16-14-18-11-7-4-8-12-18/h3-12,19-20H,13-16H2,1-2H3. The zero-order valence-corrected chi connectivity index (χ0v) is 15.9. The summed E-state index contributed by atoms with van der Waals surface area (Å²) in [5.41, 5.74) is 2.38. The highest BCUT2D eigenvalue weighted by molar-refractivity contribution is 6.78. The predicted molar refractivity (Wildman–Crippen MR) is 98.7 cm³/mol. The van der Waals surface area contributed by atoms with Gasteiger partial charge in [0.1, 0.15) is 0 Å². The van der Waals surface area contributed by atoms with E-state index in [4.69, 9.17) is 4.12 Å². The van der Waals surface area contributed by atoms with Crippen LogP contribution in [-0.2, 0) is 17.0 Å². The van der Waals surface area contributed by atoms with Gasteiger partial charge >= 0.3 is 17.1 Å². The molecule has 3 nitrogen and oxygen atoms in total. The lowest BCUT2D eigenvalue weighted by Gasteiger charge is -2.30. The van der Waals surface area contributed by atoms with Gasteiger partial charge in [0.15, 0.2) is 0 Å². The molecule has 23 heavy (non-hydrogen) atoms. The van der Waals surface area contributed by atoms with E-state index in [1.807, 2.05) is 36.4 Å². The Morgan fingerprint density at radius 1 is 0.696 bits per heavy atom. The maximum absolute atomic E-state index is 10.6. The van der Waals surface area contributed by atoms with Crippen molar-refractivity contribution in [1.29, 1.82) is 0 Å². The van der Waals surface area contributed by atoms with Crippen LogP contribution in [0.15, 0.2) is 60.7 Å². The van der Waals surface area contributed by atoms with Gasteiger partial charge in [-0.05, 0) is 49.2 Å². The molecule has 0 saturated heterocycles. The van der Waals surface area contributed by atoms with E-state index in [9.17, 15) is 9.59 Å². The summed E-state index contributed by atoms with van der Waals surface area (Å²) in [7, 11) is -5.70. The minimum atomic E-state index is -2.85. The van der Waals surface area contributed by atoms with Gasteiger partial charge in [-0.25, -0.2) is 0 Å². The molecule has 0 heterocycles. The zero-order chi connectivity index (χ0) is 16.8. The van der Waals surface area contributed by atoms with Gasteiger partial charge in [-0.15, -0.1) is 0 Å². The fourth-order valence-corrected chi connectivity index (χ4v) is 8.73. The number of aryl methyl sites for hydroxylation is 2. The van der Waals surface area contributed by atoms with Gasteiger partial charge in [0.2, 0.25) is 0 Å². The fraction of sp³-hybridized carbons (Fsp3) is 0.333. The van der Waals surface area contributed by atoms with Crippen LogP contribution in [0.4, 0.5) is 0 Å². The second-order valence-electron chi connectivity index (χ2n) is 6.42. The van der Waals surface area contributed by atoms with Crippen LogP contribution in [0.3, 0.4) is 0 Å². The monoisotopic (exact) mass is 346 g/mol. The molecule has 0 aliphatic rings. The van der Waals surface area contributed by atoms with Crippen LogP contribution in [-0.4, -0.2) is 26.7 Å². The van der Waals surface area contributed by atoms with Crippen molar-refractivity contribution in [2.45, 2.75) is 38.0 Å². The van der Waals surface area contributed by atoms with E-state index in [1.165, 1.54) is 11.1 Å². The van der Waals surface area contributed by atoms with Gasteiger partial charge in [-0.1, -0.05) is 60.7 Å². The summed E-state index contributed by atoms with van der Waals surface area (Å²) in [5, 5.41) is 0. The Morgan fingerprint density at radius 2 is 1.04 bits per heavy atom. The molecule has 0 radical (unpaired) electrons. The topological polar surface area (TPSA) is 49.7 Å². The average Bonchev–Trinajstić information content (AvgIpc) is 2.52. The Morgan fingerprint density at radius 3 is 1.39 bits per heavy atom. The number of rotatable bonds is 8. The maximum atomic E-state index is 10.6. The van der Waals surface area contributed by atoms with E-state index in [2.05, 4.69) is 24.3 Å². The first-order chi connectivity index (χ1) is 10.9. The third-order valence-corrected chi connectivity index (χ3v) is 9.75. The molecule has 2 rings (SSSR count). The molecule has 0 saturated carbocycles. The van der Waals surface area contributed by atoms with Crippen molar-refractivity contribution in [2.24, 2.45) is 0 Å². The third kappa shape index (κ3) is 6.80. The Hall–Kier alpha value is -1.25. The zero-order valence-electron chi connectivity index (χ0n) is 13.9. The van der Waals surface area contributed by atoms with Crippen molar-refractivity contribution in [3.05, 3.63) is 71.8 Å². The molecule has 0 fully saturated rings. The van der Waals surface area contributed by atoms with Crippen LogP contribution in [0.25, 0.3) is 0 Å². The van der Waals surface area contributed by atoms with Crippen molar-refractivity contribution < 1.29 is 13.7 Å². The Kier molecular flexibility index (Phi) is 6.32. The summed E-state index contributed by atoms with van der Waals surface area (Å²) in [6.45, 7) is 3.56. The maximum Gasteiger partial charge on any atom is 0.323 e. The van der Waals surface area contributed by atoms with Crippen molar-refractivity contribution in [2.75, 3.05) is 0 Å². The second-order valence-corrected chi connectivity index (χ2v) is 12.9. The van der Waals surface area contributed by atoms with Gasteiger partial charge in [0.25, 0.3) is 0 Å². The highest BCUT2D eigenvalue weighted by Gasteiger charge is 2.38. The smallest absolute Gasteiger partial charge is 0.323 e. The summed E-state index contributed by atoms with van der Waals surface area (Å²) in [4.78, 5) is 21.2. The molecular weight excluding hydrogens is 320 g/mol. The Balaban J connectivity index is 1.84. The van der Waals surface area contributed by atoms with Crippen LogP contribution >= 0.6 is 0 Å². The van der Waals surface area contributed by atoms with E-state index >= 15 is 0 Å². The minimum Gasteiger partial charge on any atom is -0.415 e. The normalized spacial score (nSPS) is 16.5. The lowest BCUT2D eigenvalue weighted by molar-refractivity contribution is 0.307. The summed E-state index contributed by atoms with van der Waals surface area (Å²) < 4.78 is 5.86. The molecule has 0 aromatic heterocycles. The molecule has 0 bridgehead atoms. The molecule has 0 amide bonds. The van der Waals surface area contributed by atoms with Gasteiger partial charge in [-0.2, -0.15) is 0 Å². The Labute approximate surface area is 141 Å². The highest BCUT2D eigenvalue weighted by atomic mass is 28.5. The second kappa shape index (κ2) is 8.03. The predicted octanol–water partition coefficient (Wildman–Crippen LogP) is 3.62. The van der Waals surface area contributed by atoms with Crippen molar-refractivity contribution in [3.8, 4) is 0 Å². The summed E-state index contributed by atoms with van der Waals surface area (Å²) in [6, 6.07) is 21.4. The molecule has 0 aliphatic carbocycles. The van der Waals surface area contributed by atoms with Crippen molar-refractivity contribution >= 4 is 17.1 Å². The van der Waals surface area contributed by atoms with Gasteiger partial charge in [-0.3, -0.25) is 0 Å². The molecule has 2 unspecified atom stereocenters. The quantitative estimate of drug-likeness (QED) is 0.718. The summed E-state index contributed by atoms with van der Waals surface area (Å²) in [6.07, 6.45) is 1.56. The van der Waals surface area contributed by atoms with Crippen LogP contribution in [0.2, 0.25) is 25.2 Å². The lowest BCUT2D eigenvalue weighted by Crippen LogP contribution is -2.49. The minimum absolute atomic E-state index is 0.603. The molecule has 2 aromatic rings. The number of hydrogen-bond acceptors (Lipinski definition) is 3. The average molecular weight is 347 g/mol. The first-order valence-electron chi connectivity index (χ1n) is 8.09. The summed E-state index contributed by atoms with van der Waals surface area (Å²) in [5.74, 6) is 0. The molecular formula is C18H26O3Si2. The van der Waals surface area contributed by atoms with E-state index in [-0.39, 0.29) is 0 Å². The van der Waals surface area contributed by atoms with Gasteiger partial charge < -0.3 is 13.7 Å². The van der Waals surface area contributed by atoms with Crippen LogP contribution in [0.1, 0.15) is 11.1 Å². The number of benzene rings is 2. The fourth-order valence-electron chi connectivity index (χ4n) is 2.62. The molecule has 0 spiro atoms. The molecule has 2 aromatic carbocycles. The largest absolute Gasteiger partial charge is 0.415 e. The van der Waals surface area contributed by atoms with E-state index in [0.29, 0.717) is 12.1 Å². The Bertz CT molecular complexity index is 532. The SMILES string of the molecule is C[Si](O)(CCc1ccccc1)O[Si](C)(O)CCc1ccccc1. The van der Waals surface area contributed by atoms with Crippen LogP contribution < -0.4 is 0 Å². The first-order valence-corrected chi connectivity index (χ1v) is 13.2. The lowest BCUT2D eigenvalue weighted by atomic mass is 10.2. The first kappa shape index (κ1) is 18.1.